The molecule has 3 aromatic rings. The van der Waals surface area contributed by atoms with Crippen LogP contribution >= 0.6 is 12.4 Å². The number of ether oxygens (including phenoxy) is 2. The Morgan fingerprint density at radius 2 is 1.73 bits per heavy atom. The van der Waals surface area contributed by atoms with Crippen molar-refractivity contribution in [3.8, 4) is 11.3 Å². The van der Waals surface area contributed by atoms with E-state index in [-0.39, 0.29) is 36.5 Å². The zero-order valence-corrected chi connectivity index (χ0v) is 24.4. The molecule has 0 unspecified atom stereocenters. The number of amides is 1. The van der Waals surface area contributed by atoms with Gasteiger partial charge in [-0.3, -0.25) is 4.79 Å². The van der Waals surface area contributed by atoms with E-state index in [1.165, 1.54) is 12.0 Å². The second-order valence-corrected chi connectivity index (χ2v) is 10.7. The summed E-state index contributed by atoms with van der Waals surface area (Å²) in [4.78, 5) is 21.1. The highest BCUT2D eigenvalue weighted by Crippen LogP contribution is 2.36. The molecule has 1 N–H and O–H groups in total. The highest BCUT2D eigenvalue weighted by Gasteiger charge is 2.34. The summed E-state index contributed by atoms with van der Waals surface area (Å²) in [7, 11) is 1.74. The first-order chi connectivity index (χ1) is 19.3. The van der Waals surface area contributed by atoms with Gasteiger partial charge in [-0.25, -0.2) is 4.98 Å². The quantitative estimate of drug-likeness (QED) is 0.308. The van der Waals surface area contributed by atoms with Crippen LogP contribution in [0.5, 0.6) is 0 Å². The number of aromatic nitrogens is 2. The fourth-order valence-electron chi connectivity index (χ4n) is 6.06. The zero-order valence-electron chi connectivity index (χ0n) is 23.5. The lowest BCUT2D eigenvalue weighted by molar-refractivity contribution is -0.00857. The van der Waals surface area contributed by atoms with Gasteiger partial charge in [-0.1, -0.05) is 73.5 Å². The van der Waals surface area contributed by atoms with Gasteiger partial charge in [0.2, 0.25) is 0 Å². The number of benzene rings is 2. The standard InChI is InChI=1S/C32H42N4O3.ClH/c1-38-20-10-11-21-39-29-17-9-8-16-28(29)36-24-34-30(31(36)26-14-6-3-7-15-26)32(37)35-19-18-33-23-27(35)22-25-12-4-2-5-13-25;/h2-7,12-15,24,27-29,33H,8-11,16-23H2,1H3;1H/t27-,28+,29+;/m1./s1. The molecule has 5 rings (SSSR count). The number of imidazole rings is 1. The Morgan fingerprint density at radius 1 is 1.00 bits per heavy atom. The third-order valence-corrected chi connectivity index (χ3v) is 8.07. The topological polar surface area (TPSA) is 68.6 Å². The Balaban J connectivity index is 0.00000370. The van der Waals surface area contributed by atoms with Gasteiger partial charge in [-0.15, -0.1) is 12.4 Å². The average Bonchev–Trinajstić information content (AvgIpc) is 3.43. The number of nitrogens with zero attached hydrogens (tertiary/aromatic N) is 3. The zero-order chi connectivity index (χ0) is 26.9. The molecule has 3 atom stereocenters. The van der Waals surface area contributed by atoms with Crippen LogP contribution in [0.2, 0.25) is 0 Å². The number of unbranched alkanes of at least 4 members (excludes halogenated alkanes) is 1. The summed E-state index contributed by atoms with van der Waals surface area (Å²) in [5.74, 6) is 0.0166. The number of carbonyl (C=O) groups excluding carboxylic acids is 1. The first-order valence-electron chi connectivity index (χ1n) is 14.5. The van der Waals surface area contributed by atoms with Crippen LogP contribution in [0.1, 0.15) is 60.6 Å². The lowest BCUT2D eigenvalue weighted by Gasteiger charge is -2.36. The van der Waals surface area contributed by atoms with Crippen molar-refractivity contribution in [2.45, 2.75) is 63.1 Å². The molecule has 0 spiro atoms. The van der Waals surface area contributed by atoms with Crippen molar-refractivity contribution in [1.82, 2.24) is 19.8 Å². The van der Waals surface area contributed by atoms with Crippen LogP contribution in [0, 0.1) is 0 Å². The van der Waals surface area contributed by atoms with Crippen LogP contribution in [-0.4, -0.2) is 72.5 Å². The number of piperazine rings is 1. The molecule has 2 aromatic carbocycles. The Hall–Kier alpha value is -2.71. The van der Waals surface area contributed by atoms with E-state index in [1.807, 2.05) is 35.5 Å². The lowest BCUT2D eigenvalue weighted by atomic mass is 9.91. The third-order valence-electron chi connectivity index (χ3n) is 8.07. The summed E-state index contributed by atoms with van der Waals surface area (Å²) in [6.45, 7) is 3.74. The van der Waals surface area contributed by atoms with Gasteiger partial charge < -0.3 is 24.3 Å². The van der Waals surface area contributed by atoms with Crippen LogP contribution in [0.15, 0.2) is 67.0 Å². The SMILES string of the molecule is COCCCCO[C@H]1CCCC[C@@H]1n1cnc(C(=O)N2CCNC[C@H]2Cc2ccccc2)c1-c1ccccc1.Cl. The van der Waals surface area contributed by atoms with Crippen molar-refractivity contribution >= 4 is 18.3 Å². The van der Waals surface area contributed by atoms with Crippen LogP contribution in [0.3, 0.4) is 0 Å². The Morgan fingerprint density at radius 3 is 2.50 bits per heavy atom. The largest absolute Gasteiger partial charge is 0.385 e. The predicted octanol–water partition coefficient (Wildman–Crippen LogP) is 5.56. The Bertz CT molecular complexity index is 1170. The van der Waals surface area contributed by atoms with E-state index in [9.17, 15) is 4.79 Å². The molecule has 7 nitrogen and oxygen atoms in total. The van der Waals surface area contributed by atoms with E-state index in [0.717, 1.165) is 76.1 Å². The molecule has 1 saturated heterocycles. The van der Waals surface area contributed by atoms with Gasteiger partial charge in [0, 0.05) is 51.6 Å². The van der Waals surface area contributed by atoms with Crippen LogP contribution in [0.4, 0.5) is 0 Å². The molecule has 1 saturated carbocycles. The smallest absolute Gasteiger partial charge is 0.275 e. The molecular formula is C32H43ClN4O3. The summed E-state index contributed by atoms with van der Waals surface area (Å²) in [6, 6.07) is 21.0. The number of hydrogen-bond acceptors (Lipinski definition) is 5. The predicted molar refractivity (Wildman–Crippen MR) is 161 cm³/mol. The summed E-state index contributed by atoms with van der Waals surface area (Å²) >= 11 is 0. The van der Waals surface area contributed by atoms with Crippen molar-refractivity contribution in [2.24, 2.45) is 0 Å². The maximum atomic E-state index is 14.2. The van der Waals surface area contributed by atoms with E-state index >= 15 is 0 Å². The maximum Gasteiger partial charge on any atom is 0.275 e. The average molecular weight is 567 g/mol. The summed E-state index contributed by atoms with van der Waals surface area (Å²) < 4.78 is 13.9. The van der Waals surface area contributed by atoms with E-state index < -0.39 is 0 Å². The normalized spacial score (nSPS) is 21.1. The molecule has 1 aliphatic heterocycles. The summed E-state index contributed by atoms with van der Waals surface area (Å²) in [6.07, 6.45) is 9.20. The fraction of sp³-hybridized carbons (Fsp3) is 0.500. The van der Waals surface area contributed by atoms with Crippen molar-refractivity contribution in [3.63, 3.8) is 0 Å². The molecule has 0 bridgehead atoms. The van der Waals surface area contributed by atoms with Gasteiger partial charge in [-0.05, 0) is 37.7 Å². The van der Waals surface area contributed by atoms with Crippen molar-refractivity contribution in [3.05, 3.63) is 78.2 Å². The van der Waals surface area contributed by atoms with Crippen LogP contribution < -0.4 is 5.32 Å². The molecule has 2 fully saturated rings. The summed E-state index contributed by atoms with van der Waals surface area (Å²) in [5, 5.41) is 3.49. The van der Waals surface area contributed by atoms with E-state index in [0.29, 0.717) is 12.2 Å². The first kappa shape index (κ1) is 30.3. The highest BCUT2D eigenvalue weighted by atomic mass is 35.5. The second kappa shape index (κ2) is 15.3. The number of hydrogen-bond donors (Lipinski definition) is 1. The molecule has 216 valence electrons. The van der Waals surface area contributed by atoms with Crippen molar-refractivity contribution in [1.29, 1.82) is 0 Å². The number of methoxy groups -OCH3 is 1. The summed E-state index contributed by atoms with van der Waals surface area (Å²) in [5.41, 5.74) is 3.73. The van der Waals surface area contributed by atoms with Crippen molar-refractivity contribution < 1.29 is 14.3 Å². The minimum atomic E-state index is 0. The van der Waals surface area contributed by atoms with Gasteiger partial charge in [0.25, 0.3) is 5.91 Å². The molecule has 1 aliphatic carbocycles. The van der Waals surface area contributed by atoms with Crippen LogP contribution in [0.25, 0.3) is 11.3 Å². The Labute approximate surface area is 244 Å². The monoisotopic (exact) mass is 566 g/mol. The number of halogens is 1. The van der Waals surface area contributed by atoms with Gasteiger partial charge in [0.1, 0.15) is 0 Å². The third kappa shape index (κ3) is 7.32. The minimum absolute atomic E-state index is 0. The lowest BCUT2D eigenvalue weighted by Crippen LogP contribution is -2.54. The van der Waals surface area contributed by atoms with Gasteiger partial charge in [0.05, 0.1) is 24.2 Å². The molecule has 1 aromatic heterocycles. The van der Waals surface area contributed by atoms with E-state index in [2.05, 4.69) is 46.3 Å². The number of nitrogens with one attached hydrogen (secondary N) is 1. The Kier molecular flexibility index (Phi) is 11.6. The molecule has 1 amide bonds. The van der Waals surface area contributed by atoms with Crippen LogP contribution in [-0.2, 0) is 15.9 Å². The van der Waals surface area contributed by atoms with Gasteiger partial charge in [0.15, 0.2) is 5.69 Å². The number of carbonyl (C=O) groups is 1. The molecule has 8 heteroatoms. The highest BCUT2D eigenvalue weighted by molar-refractivity contribution is 5.98. The first-order valence-corrected chi connectivity index (χ1v) is 14.5. The number of rotatable bonds is 11. The van der Waals surface area contributed by atoms with Crippen molar-refractivity contribution in [2.75, 3.05) is 40.0 Å². The molecular weight excluding hydrogens is 524 g/mol. The molecule has 2 heterocycles. The van der Waals surface area contributed by atoms with E-state index in [1.54, 1.807) is 7.11 Å². The van der Waals surface area contributed by atoms with Gasteiger partial charge in [-0.2, -0.15) is 0 Å². The second-order valence-electron chi connectivity index (χ2n) is 10.7. The van der Waals surface area contributed by atoms with Gasteiger partial charge >= 0.3 is 0 Å². The molecule has 40 heavy (non-hydrogen) atoms. The maximum absolute atomic E-state index is 14.2. The molecule has 0 radical (unpaired) electrons. The van der Waals surface area contributed by atoms with E-state index in [4.69, 9.17) is 14.5 Å². The minimum Gasteiger partial charge on any atom is -0.385 e. The fourth-order valence-corrected chi connectivity index (χ4v) is 6.06. The molecule has 2 aliphatic rings.